The van der Waals surface area contributed by atoms with Crippen molar-refractivity contribution in [2.75, 3.05) is 64.4 Å². The maximum atomic E-state index is 5.56. The minimum atomic E-state index is 0.459. The van der Waals surface area contributed by atoms with Crippen molar-refractivity contribution in [2.24, 2.45) is 0 Å². The summed E-state index contributed by atoms with van der Waals surface area (Å²) in [4.78, 5) is 10.5. The molecule has 5 rings (SSSR count). The van der Waals surface area contributed by atoms with Crippen molar-refractivity contribution in [1.82, 2.24) is 9.80 Å². The standard InChI is InChI=1S/C23H29N3OS/c1-24-8-10-26(11-9-24)21-16-18-4-2-3-5-22(18)28-23-7-6-19(17-20(21)23)25-12-14-27-15-13-25/h2-7,17,21H,8-16H2,1H3/t21-/m1/s1. The van der Waals surface area contributed by atoms with Gasteiger partial charge in [0.2, 0.25) is 0 Å². The van der Waals surface area contributed by atoms with Gasteiger partial charge in [0.05, 0.1) is 13.2 Å². The third-order valence-corrected chi connectivity index (χ3v) is 7.52. The van der Waals surface area contributed by atoms with Crippen molar-refractivity contribution < 1.29 is 4.74 Å². The molecule has 2 fully saturated rings. The Morgan fingerprint density at radius 1 is 0.893 bits per heavy atom. The van der Waals surface area contributed by atoms with Crippen molar-refractivity contribution in [1.29, 1.82) is 0 Å². The Morgan fingerprint density at radius 2 is 1.68 bits per heavy atom. The predicted molar refractivity (Wildman–Crippen MR) is 116 cm³/mol. The van der Waals surface area contributed by atoms with E-state index in [4.69, 9.17) is 4.74 Å². The Kier molecular flexibility index (Phi) is 5.33. The van der Waals surface area contributed by atoms with Gasteiger partial charge in [-0.2, -0.15) is 0 Å². The van der Waals surface area contributed by atoms with Crippen molar-refractivity contribution in [2.45, 2.75) is 22.3 Å². The van der Waals surface area contributed by atoms with Gasteiger partial charge in [-0.3, -0.25) is 4.90 Å². The van der Waals surface area contributed by atoms with Gasteiger partial charge < -0.3 is 14.5 Å². The number of likely N-dealkylation sites (N-methyl/N-ethyl adjacent to an activating group) is 1. The predicted octanol–water partition coefficient (Wildman–Crippen LogP) is 3.52. The van der Waals surface area contributed by atoms with Crippen LogP contribution in [0.2, 0.25) is 0 Å². The zero-order chi connectivity index (χ0) is 18.9. The van der Waals surface area contributed by atoms with Gasteiger partial charge in [-0.05, 0) is 48.9 Å². The molecular weight excluding hydrogens is 366 g/mol. The number of nitrogens with zero attached hydrogens (tertiary/aromatic N) is 3. The number of hydrogen-bond donors (Lipinski definition) is 0. The molecule has 0 spiro atoms. The molecule has 3 aliphatic heterocycles. The second-order valence-electron chi connectivity index (χ2n) is 8.09. The van der Waals surface area contributed by atoms with Gasteiger partial charge >= 0.3 is 0 Å². The Balaban J connectivity index is 1.53. The van der Waals surface area contributed by atoms with Crippen LogP contribution in [0.15, 0.2) is 52.3 Å². The summed E-state index contributed by atoms with van der Waals surface area (Å²) < 4.78 is 5.56. The molecule has 2 aromatic rings. The summed E-state index contributed by atoms with van der Waals surface area (Å²) in [5, 5.41) is 0. The van der Waals surface area contributed by atoms with Crippen LogP contribution in [0.4, 0.5) is 5.69 Å². The van der Waals surface area contributed by atoms with E-state index in [1.165, 1.54) is 26.6 Å². The maximum absolute atomic E-state index is 5.56. The third-order valence-electron chi connectivity index (χ3n) is 6.31. The molecule has 0 aliphatic carbocycles. The molecule has 3 aliphatic rings. The molecule has 4 nitrogen and oxygen atoms in total. The lowest BCUT2D eigenvalue weighted by molar-refractivity contribution is 0.109. The summed E-state index contributed by atoms with van der Waals surface area (Å²) in [6.07, 6.45) is 1.10. The zero-order valence-corrected chi connectivity index (χ0v) is 17.5. The highest BCUT2D eigenvalue weighted by molar-refractivity contribution is 7.99. The first-order valence-electron chi connectivity index (χ1n) is 10.4. The molecule has 148 valence electrons. The Bertz CT molecular complexity index is 828. The van der Waals surface area contributed by atoms with Gasteiger partial charge in [0.1, 0.15) is 0 Å². The fraction of sp³-hybridized carbons (Fsp3) is 0.478. The van der Waals surface area contributed by atoms with Crippen LogP contribution in [0.3, 0.4) is 0 Å². The summed E-state index contributed by atoms with van der Waals surface area (Å²) in [6, 6.07) is 16.6. The van der Waals surface area contributed by atoms with E-state index in [-0.39, 0.29) is 0 Å². The Hall–Kier alpha value is -1.53. The summed E-state index contributed by atoms with van der Waals surface area (Å²) in [5.74, 6) is 0. The number of piperazine rings is 1. The number of ether oxygens (including phenoxy) is 1. The van der Waals surface area contributed by atoms with E-state index in [1.54, 1.807) is 0 Å². The van der Waals surface area contributed by atoms with Crippen LogP contribution in [0.5, 0.6) is 0 Å². The van der Waals surface area contributed by atoms with Crippen molar-refractivity contribution in [3.8, 4) is 0 Å². The highest BCUT2D eigenvalue weighted by Crippen LogP contribution is 2.44. The van der Waals surface area contributed by atoms with Crippen LogP contribution in [-0.4, -0.2) is 69.3 Å². The highest BCUT2D eigenvalue weighted by atomic mass is 32.2. The van der Waals surface area contributed by atoms with E-state index >= 15 is 0 Å². The molecule has 0 N–H and O–H groups in total. The van der Waals surface area contributed by atoms with Gasteiger partial charge in [-0.15, -0.1) is 0 Å². The van der Waals surface area contributed by atoms with Crippen LogP contribution >= 0.6 is 11.8 Å². The van der Waals surface area contributed by atoms with Gasteiger partial charge in [0.15, 0.2) is 0 Å². The fourth-order valence-corrected chi connectivity index (χ4v) is 5.69. The van der Waals surface area contributed by atoms with Gasteiger partial charge in [-0.25, -0.2) is 0 Å². The summed E-state index contributed by atoms with van der Waals surface area (Å²) in [7, 11) is 2.24. The molecule has 0 amide bonds. The summed E-state index contributed by atoms with van der Waals surface area (Å²) in [6.45, 7) is 8.26. The first-order valence-corrected chi connectivity index (χ1v) is 11.2. The number of fused-ring (bicyclic) bond motifs is 2. The average molecular weight is 396 g/mol. The molecular formula is C23H29N3OS. The Labute approximate surface area is 172 Å². The third kappa shape index (κ3) is 3.69. The van der Waals surface area contributed by atoms with Crippen molar-refractivity contribution in [3.63, 3.8) is 0 Å². The van der Waals surface area contributed by atoms with Crippen LogP contribution in [0.25, 0.3) is 0 Å². The second-order valence-corrected chi connectivity index (χ2v) is 9.17. The molecule has 3 heterocycles. The smallest absolute Gasteiger partial charge is 0.0642 e. The molecule has 0 saturated carbocycles. The molecule has 0 aromatic heterocycles. The number of morpholine rings is 1. The zero-order valence-electron chi connectivity index (χ0n) is 16.6. The van der Waals surface area contributed by atoms with Crippen LogP contribution in [-0.2, 0) is 11.2 Å². The fourth-order valence-electron chi connectivity index (χ4n) is 4.58. The van der Waals surface area contributed by atoms with Crippen molar-refractivity contribution >= 4 is 17.4 Å². The van der Waals surface area contributed by atoms with E-state index in [0.29, 0.717) is 6.04 Å². The lowest BCUT2D eigenvalue weighted by Crippen LogP contribution is -2.46. The van der Waals surface area contributed by atoms with E-state index in [9.17, 15) is 0 Å². The maximum Gasteiger partial charge on any atom is 0.0642 e. The van der Waals surface area contributed by atoms with E-state index in [2.05, 4.69) is 64.2 Å². The molecule has 28 heavy (non-hydrogen) atoms. The topological polar surface area (TPSA) is 19.0 Å². The normalized spacial score (nSPS) is 23.8. The highest BCUT2D eigenvalue weighted by Gasteiger charge is 2.30. The lowest BCUT2D eigenvalue weighted by Gasteiger charge is -2.39. The molecule has 1 atom stereocenters. The monoisotopic (exact) mass is 395 g/mol. The number of hydrogen-bond acceptors (Lipinski definition) is 5. The molecule has 0 unspecified atom stereocenters. The number of benzene rings is 2. The summed E-state index contributed by atoms with van der Waals surface area (Å²) >= 11 is 1.95. The first kappa shape index (κ1) is 18.5. The van der Waals surface area contributed by atoms with Gasteiger partial charge in [0, 0.05) is 60.8 Å². The minimum absolute atomic E-state index is 0.459. The van der Waals surface area contributed by atoms with E-state index < -0.39 is 0 Å². The summed E-state index contributed by atoms with van der Waals surface area (Å²) in [5.41, 5.74) is 4.35. The van der Waals surface area contributed by atoms with Gasteiger partial charge in [-0.1, -0.05) is 30.0 Å². The lowest BCUT2D eigenvalue weighted by atomic mass is 9.96. The van der Waals surface area contributed by atoms with Gasteiger partial charge in [0.25, 0.3) is 0 Å². The minimum Gasteiger partial charge on any atom is -0.378 e. The average Bonchev–Trinajstić information content (AvgIpc) is 2.91. The number of anilines is 1. The second kappa shape index (κ2) is 8.07. The van der Waals surface area contributed by atoms with E-state index in [1.807, 2.05) is 11.8 Å². The quantitative estimate of drug-likeness (QED) is 0.772. The Morgan fingerprint density at radius 3 is 2.50 bits per heavy atom. The molecule has 5 heteroatoms. The SMILES string of the molecule is CN1CCN([C@@H]2Cc3ccccc3Sc3ccc(N4CCOCC4)cc32)CC1. The molecule has 2 saturated heterocycles. The largest absolute Gasteiger partial charge is 0.378 e. The van der Waals surface area contributed by atoms with Crippen molar-refractivity contribution in [3.05, 3.63) is 53.6 Å². The molecule has 0 radical (unpaired) electrons. The van der Waals surface area contributed by atoms with Crippen LogP contribution < -0.4 is 4.90 Å². The van der Waals surface area contributed by atoms with Crippen LogP contribution in [0.1, 0.15) is 17.2 Å². The molecule has 0 bridgehead atoms. The first-order chi connectivity index (χ1) is 13.8. The van der Waals surface area contributed by atoms with E-state index in [0.717, 1.165) is 58.9 Å². The van der Waals surface area contributed by atoms with Crippen LogP contribution in [0, 0.1) is 0 Å². The number of rotatable bonds is 2. The molecule has 2 aromatic carbocycles.